The fraction of sp³-hybridized carbons (Fsp3) is 1.00. The minimum atomic E-state index is 0.644. The first-order valence-corrected chi connectivity index (χ1v) is 9.05. The maximum absolute atomic E-state index is 2.64. The number of likely N-dealkylation sites (N-methyl/N-ethyl adjacent to an activating group) is 1. The molecule has 3 heteroatoms. The second-order valence-electron chi connectivity index (χ2n) is 6.93. The van der Waals surface area contributed by atoms with Crippen molar-refractivity contribution in [3.05, 3.63) is 0 Å². The highest BCUT2D eigenvalue weighted by molar-refractivity contribution is 4.70. The lowest BCUT2D eigenvalue weighted by molar-refractivity contribution is 0.148. The van der Waals surface area contributed by atoms with E-state index in [9.17, 15) is 0 Å². The molecule has 0 aliphatic carbocycles. The predicted octanol–water partition coefficient (Wildman–Crippen LogP) is 3.55. The Hall–Kier alpha value is -0.120. The summed E-state index contributed by atoms with van der Waals surface area (Å²) in [7, 11) is 0. The molecule has 21 heavy (non-hydrogen) atoms. The maximum Gasteiger partial charge on any atom is 0.0112 e. The van der Waals surface area contributed by atoms with Crippen LogP contribution in [-0.2, 0) is 0 Å². The van der Waals surface area contributed by atoms with Gasteiger partial charge in [0.2, 0.25) is 0 Å². The van der Waals surface area contributed by atoms with Crippen LogP contribution in [0.1, 0.15) is 61.8 Å². The molecule has 0 aromatic carbocycles. The minimum absolute atomic E-state index is 0.644. The van der Waals surface area contributed by atoms with E-state index >= 15 is 0 Å². The summed E-state index contributed by atoms with van der Waals surface area (Å²) in [6.45, 7) is 25.5. The maximum atomic E-state index is 2.64. The molecule has 0 amide bonds. The number of rotatable bonds is 12. The molecule has 0 N–H and O–H groups in total. The molecule has 0 spiro atoms. The smallest absolute Gasteiger partial charge is 0.0112 e. The van der Waals surface area contributed by atoms with Gasteiger partial charge in [0.1, 0.15) is 0 Å². The van der Waals surface area contributed by atoms with Gasteiger partial charge in [0, 0.05) is 31.2 Å². The summed E-state index contributed by atoms with van der Waals surface area (Å²) >= 11 is 0. The average Bonchev–Trinajstić information content (AvgIpc) is 2.40. The van der Waals surface area contributed by atoms with Crippen LogP contribution in [-0.4, -0.2) is 72.1 Å². The molecule has 3 nitrogen and oxygen atoms in total. The van der Waals surface area contributed by atoms with Crippen LogP contribution in [0.3, 0.4) is 0 Å². The summed E-state index contributed by atoms with van der Waals surface area (Å²) in [5, 5.41) is 0. The van der Waals surface area contributed by atoms with Crippen molar-refractivity contribution in [2.45, 2.75) is 79.9 Å². The largest absolute Gasteiger partial charge is 0.301 e. The van der Waals surface area contributed by atoms with Crippen LogP contribution in [0.15, 0.2) is 0 Å². The monoisotopic (exact) mass is 299 g/mol. The van der Waals surface area contributed by atoms with E-state index < -0.39 is 0 Å². The molecule has 0 aliphatic rings. The van der Waals surface area contributed by atoms with E-state index in [0.29, 0.717) is 18.1 Å². The quantitative estimate of drug-likeness (QED) is 0.546. The molecule has 0 saturated heterocycles. The van der Waals surface area contributed by atoms with Crippen molar-refractivity contribution >= 4 is 0 Å². The van der Waals surface area contributed by atoms with Crippen molar-refractivity contribution in [2.75, 3.05) is 39.3 Å². The molecular weight excluding hydrogens is 258 g/mol. The molecule has 0 aromatic rings. The lowest BCUT2D eigenvalue weighted by Crippen LogP contribution is -2.42. The Morgan fingerprint density at radius 2 is 0.857 bits per heavy atom. The molecule has 0 atom stereocenters. The van der Waals surface area contributed by atoms with Gasteiger partial charge >= 0.3 is 0 Å². The summed E-state index contributed by atoms with van der Waals surface area (Å²) in [6, 6.07) is 1.96. The van der Waals surface area contributed by atoms with Crippen LogP contribution in [0.25, 0.3) is 0 Å². The van der Waals surface area contributed by atoms with Crippen LogP contribution in [0, 0.1) is 0 Å². The van der Waals surface area contributed by atoms with Gasteiger partial charge in [0.05, 0.1) is 0 Å². The van der Waals surface area contributed by atoms with Gasteiger partial charge in [-0.1, -0.05) is 13.8 Å². The summed E-state index contributed by atoms with van der Waals surface area (Å²) in [4.78, 5) is 7.76. The first-order chi connectivity index (χ1) is 9.83. The first-order valence-electron chi connectivity index (χ1n) is 9.05. The second-order valence-corrected chi connectivity index (χ2v) is 6.93. The molecule has 0 heterocycles. The van der Waals surface area contributed by atoms with Gasteiger partial charge in [0.15, 0.2) is 0 Å². The van der Waals surface area contributed by atoms with Crippen LogP contribution >= 0.6 is 0 Å². The molecule has 0 unspecified atom stereocenters. The molecule has 0 fully saturated rings. The van der Waals surface area contributed by atoms with Crippen LogP contribution in [0.4, 0.5) is 0 Å². The fourth-order valence-corrected chi connectivity index (χ4v) is 2.92. The van der Waals surface area contributed by atoms with Gasteiger partial charge < -0.3 is 4.90 Å². The molecule has 0 rings (SSSR count). The average molecular weight is 300 g/mol. The normalized spacial score (nSPS) is 12.9. The summed E-state index contributed by atoms with van der Waals surface area (Å²) in [5.41, 5.74) is 0. The highest BCUT2D eigenvalue weighted by Crippen LogP contribution is 2.05. The van der Waals surface area contributed by atoms with E-state index in [1.165, 1.54) is 32.6 Å². The third kappa shape index (κ3) is 8.80. The Balaban J connectivity index is 4.19. The van der Waals surface area contributed by atoms with Crippen LogP contribution in [0.5, 0.6) is 0 Å². The van der Waals surface area contributed by atoms with E-state index in [0.717, 1.165) is 13.1 Å². The van der Waals surface area contributed by atoms with E-state index in [1.54, 1.807) is 0 Å². The zero-order valence-corrected chi connectivity index (χ0v) is 16.0. The zero-order chi connectivity index (χ0) is 16.4. The van der Waals surface area contributed by atoms with Crippen molar-refractivity contribution in [3.63, 3.8) is 0 Å². The second kappa shape index (κ2) is 11.4. The summed E-state index contributed by atoms with van der Waals surface area (Å²) in [6.07, 6.45) is 1.28. The van der Waals surface area contributed by atoms with Crippen molar-refractivity contribution in [3.8, 4) is 0 Å². The standard InChI is InChI=1S/C18H41N3/c1-9-19(16(3)4)12-11-13-21(18(7)8)15-14-20(10-2)17(5)6/h16-18H,9-15H2,1-8H3. The summed E-state index contributed by atoms with van der Waals surface area (Å²) in [5.74, 6) is 0. The van der Waals surface area contributed by atoms with Gasteiger partial charge in [-0.25, -0.2) is 0 Å². The molecule has 0 aromatic heterocycles. The topological polar surface area (TPSA) is 9.72 Å². The van der Waals surface area contributed by atoms with E-state index in [-0.39, 0.29) is 0 Å². The van der Waals surface area contributed by atoms with E-state index in [1.807, 2.05) is 0 Å². The SMILES string of the molecule is CCN(CCCN(CCN(CC)C(C)C)C(C)C)C(C)C. The van der Waals surface area contributed by atoms with Gasteiger partial charge in [-0.15, -0.1) is 0 Å². The molecule has 0 aliphatic heterocycles. The van der Waals surface area contributed by atoms with E-state index in [4.69, 9.17) is 0 Å². The Morgan fingerprint density at radius 1 is 0.524 bits per heavy atom. The Morgan fingerprint density at radius 3 is 1.24 bits per heavy atom. The highest BCUT2D eigenvalue weighted by Gasteiger charge is 2.14. The lowest BCUT2D eigenvalue weighted by atomic mass is 10.2. The third-order valence-corrected chi connectivity index (χ3v) is 4.57. The summed E-state index contributed by atoms with van der Waals surface area (Å²) < 4.78 is 0. The third-order valence-electron chi connectivity index (χ3n) is 4.57. The molecule has 0 radical (unpaired) electrons. The first kappa shape index (κ1) is 20.9. The van der Waals surface area contributed by atoms with Gasteiger partial charge in [0.25, 0.3) is 0 Å². The van der Waals surface area contributed by atoms with Crippen LogP contribution in [0.2, 0.25) is 0 Å². The van der Waals surface area contributed by atoms with Crippen LogP contribution < -0.4 is 0 Å². The highest BCUT2D eigenvalue weighted by atomic mass is 15.2. The minimum Gasteiger partial charge on any atom is -0.301 e. The zero-order valence-electron chi connectivity index (χ0n) is 16.0. The van der Waals surface area contributed by atoms with Crippen molar-refractivity contribution < 1.29 is 0 Å². The molecule has 128 valence electrons. The molecular formula is C18H41N3. The number of hydrogen-bond donors (Lipinski definition) is 0. The molecule has 0 saturated carbocycles. The number of nitrogens with zero attached hydrogens (tertiary/aromatic N) is 3. The van der Waals surface area contributed by atoms with Gasteiger partial charge in [-0.05, 0) is 74.1 Å². The van der Waals surface area contributed by atoms with Crippen molar-refractivity contribution in [2.24, 2.45) is 0 Å². The van der Waals surface area contributed by atoms with Gasteiger partial charge in [-0.2, -0.15) is 0 Å². The lowest BCUT2D eigenvalue weighted by Gasteiger charge is -2.32. The predicted molar refractivity (Wildman–Crippen MR) is 96.1 cm³/mol. The van der Waals surface area contributed by atoms with Crippen molar-refractivity contribution in [1.82, 2.24) is 14.7 Å². The Bertz CT molecular complexity index is 239. The fourth-order valence-electron chi connectivity index (χ4n) is 2.92. The van der Waals surface area contributed by atoms with E-state index in [2.05, 4.69) is 70.1 Å². The molecule has 0 bridgehead atoms. The Labute approximate surface area is 134 Å². The Kier molecular flexibility index (Phi) is 11.4. The van der Waals surface area contributed by atoms with Gasteiger partial charge in [-0.3, -0.25) is 9.80 Å². The van der Waals surface area contributed by atoms with Crippen molar-refractivity contribution in [1.29, 1.82) is 0 Å². The number of hydrogen-bond acceptors (Lipinski definition) is 3.